The molecule has 4 heteroatoms. The number of carboxylic acid groups (broad SMARTS) is 1. The van der Waals surface area contributed by atoms with Gasteiger partial charge in [-0.15, -0.1) is 0 Å². The number of phenolic OH excluding ortho intramolecular Hbond substituents is 1. The van der Waals surface area contributed by atoms with Gasteiger partial charge in [-0.2, -0.15) is 0 Å². The topological polar surface area (TPSA) is 57.5 Å². The second-order valence-electron chi connectivity index (χ2n) is 2.67. The van der Waals surface area contributed by atoms with E-state index in [1.165, 1.54) is 12.1 Å². The van der Waals surface area contributed by atoms with Crippen LogP contribution in [0.3, 0.4) is 0 Å². The predicted octanol–water partition coefficient (Wildman–Crippen LogP) is 2.06. The first-order valence-corrected chi connectivity index (χ1v) is 4.16. The lowest BCUT2D eigenvalue weighted by atomic mass is 10.1. The van der Waals surface area contributed by atoms with Gasteiger partial charge in [-0.1, -0.05) is 11.6 Å². The zero-order valence-corrected chi connectivity index (χ0v) is 7.58. The summed E-state index contributed by atoms with van der Waals surface area (Å²) in [6.07, 6.45) is 0.353. The van der Waals surface area contributed by atoms with E-state index < -0.39 is 5.97 Å². The van der Waals surface area contributed by atoms with Crippen molar-refractivity contribution in [3.63, 3.8) is 0 Å². The summed E-state index contributed by atoms with van der Waals surface area (Å²) in [7, 11) is 0. The van der Waals surface area contributed by atoms with E-state index in [-0.39, 0.29) is 12.2 Å². The number of rotatable bonds is 3. The number of aryl methyl sites for hydroxylation is 1. The van der Waals surface area contributed by atoms with Crippen molar-refractivity contribution >= 4 is 17.6 Å². The lowest BCUT2D eigenvalue weighted by Gasteiger charge is -2.02. The number of carbonyl (C=O) groups is 1. The Morgan fingerprint density at radius 2 is 2.15 bits per heavy atom. The highest BCUT2D eigenvalue weighted by atomic mass is 35.5. The van der Waals surface area contributed by atoms with Crippen molar-refractivity contribution in [3.8, 4) is 5.75 Å². The number of benzene rings is 1. The van der Waals surface area contributed by atoms with Crippen molar-refractivity contribution in [2.24, 2.45) is 0 Å². The van der Waals surface area contributed by atoms with E-state index in [4.69, 9.17) is 21.8 Å². The third-order valence-corrected chi connectivity index (χ3v) is 2.01. The molecule has 0 unspecified atom stereocenters. The van der Waals surface area contributed by atoms with E-state index >= 15 is 0 Å². The predicted molar refractivity (Wildman–Crippen MR) is 49.1 cm³/mol. The van der Waals surface area contributed by atoms with Gasteiger partial charge in [0.15, 0.2) is 0 Å². The van der Waals surface area contributed by atoms with Crippen LogP contribution in [0.25, 0.3) is 0 Å². The molecule has 0 aliphatic rings. The Bertz CT molecular complexity index is 323. The molecule has 0 fully saturated rings. The number of carboxylic acids is 1. The van der Waals surface area contributed by atoms with Crippen LogP contribution in [0.1, 0.15) is 12.0 Å². The highest BCUT2D eigenvalue weighted by molar-refractivity contribution is 6.31. The molecule has 0 saturated heterocycles. The summed E-state index contributed by atoms with van der Waals surface area (Å²) in [5.41, 5.74) is 0.657. The van der Waals surface area contributed by atoms with E-state index in [2.05, 4.69) is 0 Å². The molecule has 13 heavy (non-hydrogen) atoms. The third-order valence-electron chi connectivity index (χ3n) is 1.64. The zero-order chi connectivity index (χ0) is 9.84. The van der Waals surface area contributed by atoms with Crippen LogP contribution >= 0.6 is 11.6 Å². The van der Waals surface area contributed by atoms with Crippen molar-refractivity contribution < 1.29 is 15.0 Å². The first-order chi connectivity index (χ1) is 6.09. The minimum Gasteiger partial charge on any atom is -0.508 e. The van der Waals surface area contributed by atoms with Crippen LogP contribution in [0.15, 0.2) is 18.2 Å². The molecule has 1 aromatic carbocycles. The number of hydrogen-bond acceptors (Lipinski definition) is 2. The molecule has 2 N–H and O–H groups in total. The van der Waals surface area contributed by atoms with Crippen LogP contribution in [0, 0.1) is 0 Å². The first kappa shape index (κ1) is 9.86. The highest BCUT2D eigenvalue weighted by Crippen LogP contribution is 2.22. The minimum atomic E-state index is -0.876. The Balaban J connectivity index is 2.75. The van der Waals surface area contributed by atoms with E-state index in [0.29, 0.717) is 17.0 Å². The van der Waals surface area contributed by atoms with Gasteiger partial charge in [0.25, 0.3) is 0 Å². The first-order valence-electron chi connectivity index (χ1n) is 3.79. The molecule has 70 valence electrons. The van der Waals surface area contributed by atoms with Crippen LogP contribution in [-0.4, -0.2) is 16.2 Å². The maximum Gasteiger partial charge on any atom is 0.303 e. The van der Waals surface area contributed by atoms with Gasteiger partial charge < -0.3 is 10.2 Å². The molecule has 0 amide bonds. The number of aromatic hydroxyl groups is 1. The molecule has 0 spiro atoms. The molecule has 0 aliphatic heterocycles. The highest BCUT2D eigenvalue weighted by Gasteiger charge is 2.04. The maximum absolute atomic E-state index is 10.3. The van der Waals surface area contributed by atoms with E-state index in [1.807, 2.05) is 0 Å². The van der Waals surface area contributed by atoms with E-state index in [9.17, 15) is 4.79 Å². The van der Waals surface area contributed by atoms with E-state index in [1.54, 1.807) is 6.07 Å². The molecule has 3 nitrogen and oxygen atoms in total. The maximum atomic E-state index is 10.3. The van der Waals surface area contributed by atoms with Gasteiger partial charge in [0, 0.05) is 11.4 Å². The van der Waals surface area contributed by atoms with Crippen LogP contribution in [0.2, 0.25) is 5.02 Å². The van der Waals surface area contributed by atoms with Crippen LogP contribution in [0.4, 0.5) is 0 Å². The number of hydrogen-bond donors (Lipinski definition) is 2. The summed E-state index contributed by atoms with van der Waals surface area (Å²) in [6.45, 7) is 0. The quantitative estimate of drug-likeness (QED) is 0.785. The number of halogens is 1. The van der Waals surface area contributed by atoms with Crippen molar-refractivity contribution in [2.75, 3.05) is 0 Å². The molecular formula is C9H9ClO3. The standard InChI is InChI=1S/C9H9ClO3/c10-8-3-2-7(11)5-6(8)1-4-9(12)13/h2-3,5,11H,1,4H2,(H,12,13). The average Bonchev–Trinajstić information content (AvgIpc) is 2.06. The minimum absolute atomic E-state index is 0.0170. The van der Waals surface area contributed by atoms with Gasteiger partial charge >= 0.3 is 5.97 Å². The lowest BCUT2D eigenvalue weighted by Crippen LogP contribution is -1.97. The lowest BCUT2D eigenvalue weighted by molar-refractivity contribution is -0.136. The van der Waals surface area contributed by atoms with E-state index in [0.717, 1.165) is 0 Å². The van der Waals surface area contributed by atoms with Crippen molar-refractivity contribution in [2.45, 2.75) is 12.8 Å². The third kappa shape index (κ3) is 2.95. The summed E-state index contributed by atoms with van der Waals surface area (Å²) < 4.78 is 0. The van der Waals surface area contributed by atoms with Crippen LogP contribution in [0.5, 0.6) is 5.75 Å². The molecule has 1 aromatic rings. The summed E-state index contributed by atoms with van der Waals surface area (Å²) >= 11 is 5.78. The Kier molecular flexibility index (Phi) is 3.14. The summed E-state index contributed by atoms with van der Waals surface area (Å²) in [5, 5.41) is 18.0. The monoisotopic (exact) mass is 200 g/mol. The molecule has 0 radical (unpaired) electrons. The summed E-state index contributed by atoms with van der Waals surface area (Å²) in [6, 6.07) is 4.49. The van der Waals surface area contributed by atoms with Gasteiger partial charge in [-0.05, 0) is 30.2 Å². The molecule has 0 bridgehead atoms. The molecule has 0 heterocycles. The van der Waals surface area contributed by atoms with Crippen molar-refractivity contribution in [1.29, 1.82) is 0 Å². The van der Waals surface area contributed by atoms with Crippen LogP contribution < -0.4 is 0 Å². The zero-order valence-electron chi connectivity index (χ0n) is 6.83. The fraction of sp³-hybridized carbons (Fsp3) is 0.222. The SMILES string of the molecule is O=C(O)CCc1cc(O)ccc1Cl. The normalized spacial score (nSPS) is 9.92. The van der Waals surface area contributed by atoms with Crippen LogP contribution in [-0.2, 0) is 11.2 Å². The fourth-order valence-corrected chi connectivity index (χ4v) is 1.21. The van der Waals surface area contributed by atoms with Gasteiger partial charge in [-0.3, -0.25) is 4.79 Å². The number of aliphatic carboxylic acids is 1. The second-order valence-corrected chi connectivity index (χ2v) is 3.08. The Hall–Kier alpha value is -1.22. The van der Waals surface area contributed by atoms with Crippen molar-refractivity contribution in [3.05, 3.63) is 28.8 Å². The molecule has 1 rings (SSSR count). The second kappa shape index (κ2) is 4.14. The molecule has 0 atom stereocenters. The molecule has 0 aromatic heterocycles. The fourth-order valence-electron chi connectivity index (χ4n) is 0.994. The average molecular weight is 201 g/mol. The summed E-state index contributed by atoms with van der Waals surface area (Å²) in [4.78, 5) is 10.3. The Labute approximate surface area is 80.6 Å². The van der Waals surface area contributed by atoms with Gasteiger partial charge in [-0.25, -0.2) is 0 Å². The Morgan fingerprint density at radius 3 is 2.77 bits per heavy atom. The molecule has 0 saturated carbocycles. The smallest absolute Gasteiger partial charge is 0.303 e. The number of phenols is 1. The van der Waals surface area contributed by atoms with Gasteiger partial charge in [0.1, 0.15) is 5.75 Å². The largest absolute Gasteiger partial charge is 0.508 e. The summed E-state index contributed by atoms with van der Waals surface area (Å²) in [5.74, 6) is -0.774. The van der Waals surface area contributed by atoms with Gasteiger partial charge in [0.2, 0.25) is 0 Å². The molecule has 0 aliphatic carbocycles. The van der Waals surface area contributed by atoms with Gasteiger partial charge in [0.05, 0.1) is 0 Å². The Morgan fingerprint density at radius 1 is 1.46 bits per heavy atom. The molecular weight excluding hydrogens is 192 g/mol. The van der Waals surface area contributed by atoms with Crippen molar-refractivity contribution in [1.82, 2.24) is 0 Å².